The molecular weight excluding hydrogens is 550 g/mol. The SMILES string of the molecule is CN(CCNC(=O)OCC1c2ccccc2-c2ccccc21)CC1O[C@@H](n2cnc3c(N)ncnc32)C2OC(C)(C)OC12. The molecule has 2 aromatic heterocycles. The molecule has 2 aromatic carbocycles. The van der Waals surface area contributed by atoms with Crippen LogP contribution in [0.15, 0.2) is 61.2 Å². The maximum absolute atomic E-state index is 12.6. The number of ether oxygens (including phenoxy) is 4. The van der Waals surface area contributed by atoms with Crippen molar-refractivity contribution in [2.24, 2.45) is 0 Å². The fraction of sp³-hybridized carbons (Fsp3) is 0.419. The Balaban J connectivity index is 0.942. The normalized spacial score (nSPS) is 23.8. The summed E-state index contributed by atoms with van der Waals surface area (Å²) in [5, 5.41) is 2.89. The standard InChI is InChI=1S/C31H35N7O5/c1-31(2)42-25-23(41-29(26(25)43-31)38-17-36-24-27(32)34-16-35-28(24)38)14-37(3)13-12-33-30(39)40-15-22-20-10-6-4-8-18(20)19-9-5-7-11-21(19)22/h4-11,16-17,22-23,25-26,29H,12-15H2,1-3H3,(H,33,39)(H2,32,34,35)/t23?,25?,26?,29-/m1/s1. The highest BCUT2D eigenvalue weighted by Gasteiger charge is 2.56. The Morgan fingerprint density at radius 3 is 2.49 bits per heavy atom. The van der Waals surface area contributed by atoms with Crippen LogP contribution in [0.5, 0.6) is 0 Å². The Kier molecular flexibility index (Phi) is 7.01. The fourth-order valence-corrected chi connectivity index (χ4v) is 6.48. The first-order chi connectivity index (χ1) is 20.8. The highest BCUT2D eigenvalue weighted by atomic mass is 16.8. The smallest absolute Gasteiger partial charge is 0.407 e. The quantitative estimate of drug-likeness (QED) is 0.317. The number of anilines is 1. The number of nitrogens with zero attached hydrogens (tertiary/aromatic N) is 5. The summed E-state index contributed by atoms with van der Waals surface area (Å²) in [5.74, 6) is -0.429. The molecule has 224 valence electrons. The largest absolute Gasteiger partial charge is 0.449 e. The summed E-state index contributed by atoms with van der Waals surface area (Å²) >= 11 is 0. The second-order valence-electron chi connectivity index (χ2n) is 11.7. The van der Waals surface area contributed by atoms with E-state index in [0.717, 1.165) is 0 Å². The molecular formula is C31H35N7O5. The molecule has 12 nitrogen and oxygen atoms in total. The van der Waals surface area contributed by atoms with Gasteiger partial charge in [0, 0.05) is 25.6 Å². The zero-order valence-corrected chi connectivity index (χ0v) is 24.3. The Labute approximate surface area is 249 Å². The minimum atomic E-state index is -0.760. The number of alkyl carbamates (subject to hydrolysis) is 1. The van der Waals surface area contributed by atoms with Crippen molar-refractivity contribution in [3.63, 3.8) is 0 Å². The van der Waals surface area contributed by atoms with Gasteiger partial charge in [0.1, 0.15) is 36.8 Å². The first-order valence-electron chi connectivity index (χ1n) is 14.5. The molecule has 0 bridgehead atoms. The predicted molar refractivity (Wildman–Crippen MR) is 158 cm³/mol. The predicted octanol–water partition coefficient (Wildman–Crippen LogP) is 3.30. The third-order valence-corrected chi connectivity index (χ3v) is 8.38. The van der Waals surface area contributed by atoms with Crippen LogP contribution in [-0.4, -0.2) is 87.9 Å². The molecule has 1 aliphatic carbocycles. The molecule has 12 heteroatoms. The number of carbonyl (C=O) groups is 1. The number of rotatable bonds is 8. The summed E-state index contributed by atoms with van der Waals surface area (Å²) in [7, 11) is 1.98. The maximum Gasteiger partial charge on any atom is 0.407 e. The third kappa shape index (κ3) is 5.10. The van der Waals surface area contributed by atoms with Gasteiger partial charge < -0.3 is 34.9 Å². The first kappa shape index (κ1) is 27.7. The van der Waals surface area contributed by atoms with Gasteiger partial charge in [-0.05, 0) is 43.1 Å². The van der Waals surface area contributed by atoms with Gasteiger partial charge in [-0.1, -0.05) is 48.5 Å². The zero-order valence-electron chi connectivity index (χ0n) is 24.3. The lowest BCUT2D eigenvalue weighted by Crippen LogP contribution is -2.41. The van der Waals surface area contributed by atoms with Crippen molar-refractivity contribution >= 4 is 23.1 Å². The maximum atomic E-state index is 12.6. The van der Waals surface area contributed by atoms with E-state index in [-0.39, 0.29) is 30.8 Å². The molecule has 3 unspecified atom stereocenters. The number of aromatic nitrogens is 4. The lowest BCUT2D eigenvalue weighted by molar-refractivity contribution is -0.197. The molecule has 4 heterocycles. The van der Waals surface area contributed by atoms with E-state index in [1.54, 1.807) is 6.33 Å². The molecule has 4 aromatic rings. The summed E-state index contributed by atoms with van der Waals surface area (Å²) < 4.78 is 26.5. The van der Waals surface area contributed by atoms with E-state index in [4.69, 9.17) is 24.7 Å². The van der Waals surface area contributed by atoms with Gasteiger partial charge in [0.15, 0.2) is 23.5 Å². The van der Waals surface area contributed by atoms with Gasteiger partial charge >= 0.3 is 6.09 Å². The number of nitrogens with one attached hydrogen (secondary N) is 1. The number of amides is 1. The number of hydrogen-bond acceptors (Lipinski definition) is 10. The number of fused-ring (bicyclic) bond motifs is 5. The highest BCUT2D eigenvalue weighted by molar-refractivity contribution is 5.81. The fourth-order valence-electron chi connectivity index (χ4n) is 6.48. The van der Waals surface area contributed by atoms with Crippen molar-refractivity contribution in [1.29, 1.82) is 0 Å². The Hall–Kier alpha value is -4.10. The molecule has 3 aliphatic rings. The minimum Gasteiger partial charge on any atom is -0.449 e. The van der Waals surface area contributed by atoms with Gasteiger partial charge in [-0.3, -0.25) is 4.57 Å². The van der Waals surface area contributed by atoms with Gasteiger partial charge in [0.25, 0.3) is 0 Å². The van der Waals surface area contributed by atoms with E-state index < -0.39 is 18.1 Å². The molecule has 2 fully saturated rings. The molecule has 4 atom stereocenters. The van der Waals surface area contributed by atoms with Crippen LogP contribution in [0.3, 0.4) is 0 Å². The zero-order chi connectivity index (χ0) is 29.7. The van der Waals surface area contributed by atoms with Crippen LogP contribution in [0, 0.1) is 0 Å². The van der Waals surface area contributed by atoms with E-state index in [1.165, 1.54) is 28.6 Å². The van der Waals surface area contributed by atoms with Crippen molar-refractivity contribution in [2.75, 3.05) is 39.0 Å². The van der Waals surface area contributed by atoms with Crippen LogP contribution in [0.4, 0.5) is 10.6 Å². The second kappa shape index (κ2) is 10.9. The van der Waals surface area contributed by atoms with Crippen molar-refractivity contribution in [1.82, 2.24) is 29.7 Å². The van der Waals surface area contributed by atoms with Crippen LogP contribution >= 0.6 is 0 Å². The van der Waals surface area contributed by atoms with Crippen molar-refractivity contribution in [3.05, 3.63) is 72.3 Å². The number of nitrogen functional groups attached to an aromatic ring is 1. The van der Waals surface area contributed by atoms with Crippen molar-refractivity contribution in [2.45, 2.75) is 50.1 Å². The van der Waals surface area contributed by atoms with Gasteiger partial charge in [-0.15, -0.1) is 0 Å². The van der Waals surface area contributed by atoms with Crippen LogP contribution in [0.25, 0.3) is 22.3 Å². The van der Waals surface area contributed by atoms with Gasteiger partial charge in [0.2, 0.25) is 0 Å². The molecule has 2 saturated heterocycles. The van der Waals surface area contributed by atoms with Gasteiger partial charge in [-0.25, -0.2) is 19.7 Å². The van der Waals surface area contributed by atoms with Gasteiger partial charge in [0.05, 0.1) is 6.33 Å². The first-order valence-corrected chi connectivity index (χ1v) is 14.5. The minimum absolute atomic E-state index is 0.0228. The lowest BCUT2D eigenvalue weighted by atomic mass is 9.98. The Morgan fingerprint density at radius 2 is 1.74 bits per heavy atom. The summed E-state index contributed by atoms with van der Waals surface area (Å²) in [4.78, 5) is 27.5. The van der Waals surface area contributed by atoms with E-state index in [9.17, 15) is 4.79 Å². The summed E-state index contributed by atoms with van der Waals surface area (Å²) in [6.45, 7) is 5.65. The van der Waals surface area contributed by atoms with Crippen LogP contribution in [0.1, 0.15) is 37.1 Å². The molecule has 0 spiro atoms. The molecule has 43 heavy (non-hydrogen) atoms. The van der Waals surface area contributed by atoms with Crippen molar-refractivity contribution in [3.8, 4) is 11.1 Å². The number of nitrogens with two attached hydrogens (primary N) is 1. The average Bonchev–Trinajstić information content (AvgIpc) is 3.72. The van der Waals surface area contributed by atoms with Crippen LogP contribution in [-0.2, 0) is 18.9 Å². The van der Waals surface area contributed by atoms with E-state index in [0.29, 0.717) is 36.6 Å². The number of hydrogen-bond donors (Lipinski definition) is 2. The second-order valence-corrected chi connectivity index (χ2v) is 11.7. The number of imidazole rings is 1. The topological polar surface area (TPSA) is 139 Å². The molecule has 7 rings (SSSR count). The molecule has 0 saturated carbocycles. The number of benzene rings is 2. The summed E-state index contributed by atoms with van der Waals surface area (Å²) in [5.41, 5.74) is 11.9. The van der Waals surface area contributed by atoms with E-state index in [2.05, 4.69) is 49.4 Å². The Morgan fingerprint density at radius 1 is 1.05 bits per heavy atom. The monoisotopic (exact) mass is 585 g/mol. The van der Waals surface area contributed by atoms with Crippen molar-refractivity contribution < 1.29 is 23.7 Å². The summed E-state index contributed by atoms with van der Waals surface area (Å²) in [6.07, 6.45) is 1.19. The number of likely N-dealkylation sites (N-methyl/N-ethyl adjacent to an activating group) is 1. The number of carbonyl (C=O) groups excluding carboxylic acids is 1. The van der Waals surface area contributed by atoms with Crippen LogP contribution < -0.4 is 11.1 Å². The lowest BCUT2D eigenvalue weighted by Gasteiger charge is -2.27. The third-order valence-electron chi connectivity index (χ3n) is 8.38. The highest BCUT2D eigenvalue weighted by Crippen LogP contribution is 2.45. The van der Waals surface area contributed by atoms with Crippen LogP contribution in [0.2, 0.25) is 0 Å². The van der Waals surface area contributed by atoms with Gasteiger partial charge in [-0.2, -0.15) is 0 Å². The molecule has 1 amide bonds. The molecule has 3 N–H and O–H groups in total. The summed E-state index contributed by atoms with van der Waals surface area (Å²) in [6, 6.07) is 16.6. The molecule has 0 radical (unpaired) electrons. The average molecular weight is 586 g/mol. The van der Waals surface area contributed by atoms with E-state index >= 15 is 0 Å². The Bertz CT molecular complexity index is 1610. The van der Waals surface area contributed by atoms with E-state index in [1.807, 2.05) is 49.7 Å². The molecule has 2 aliphatic heterocycles.